The SMILES string of the molecule is Cc1nnc(CNC2CC(C)(C)OC2(C)C)o1. The van der Waals surface area contributed by atoms with Crippen molar-refractivity contribution in [2.45, 2.75) is 64.8 Å². The van der Waals surface area contributed by atoms with E-state index in [4.69, 9.17) is 9.15 Å². The zero-order chi connectivity index (χ0) is 12.7. The van der Waals surface area contributed by atoms with E-state index in [-0.39, 0.29) is 11.2 Å². The van der Waals surface area contributed by atoms with E-state index in [2.05, 4.69) is 43.2 Å². The Morgan fingerprint density at radius 1 is 1.29 bits per heavy atom. The fourth-order valence-corrected chi connectivity index (χ4v) is 2.50. The van der Waals surface area contributed by atoms with Crippen molar-refractivity contribution in [2.24, 2.45) is 0 Å². The van der Waals surface area contributed by atoms with Gasteiger partial charge in [0.15, 0.2) is 0 Å². The van der Waals surface area contributed by atoms with Crippen LogP contribution in [0, 0.1) is 6.92 Å². The van der Waals surface area contributed by atoms with Crippen LogP contribution in [0.15, 0.2) is 4.42 Å². The first-order valence-electron chi connectivity index (χ1n) is 6.01. The Labute approximate surface area is 102 Å². The van der Waals surface area contributed by atoms with E-state index in [0.717, 1.165) is 6.42 Å². The summed E-state index contributed by atoms with van der Waals surface area (Å²) in [5.74, 6) is 1.23. The normalized spacial score (nSPS) is 26.3. The van der Waals surface area contributed by atoms with Crippen molar-refractivity contribution in [1.82, 2.24) is 15.5 Å². The molecule has 0 radical (unpaired) electrons. The fraction of sp³-hybridized carbons (Fsp3) is 0.833. The van der Waals surface area contributed by atoms with E-state index in [1.54, 1.807) is 6.92 Å². The summed E-state index contributed by atoms with van der Waals surface area (Å²) in [6.07, 6.45) is 0.979. The molecule has 1 fully saturated rings. The van der Waals surface area contributed by atoms with Crippen LogP contribution in [-0.2, 0) is 11.3 Å². The summed E-state index contributed by atoms with van der Waals surface area (Å²) in [5.41, 5.74) is -0.246. The van der Waals surface area contributed by atoms with Gasteiger partial charge in [0.2, 0.25) is 11.8 Å². The summed E-state index contributed by atoms with van der Waals surface area (Å²) in [5, 5.41) is 11.2. The van der Waals surface area contributed by atoms with Gasteiger partial charge in [0.05, 0.1) is 17.7 Å². The Kier molecular flexibility index (Phi) is 2.99. The lowest BCUT2D eigenvalue weighted by atomic mass is 9.94. The molecule has 1 saturated heterocycles. The monoisotopic (exact) mass is 239 g/mol. The lowest BCUT2D eigenvalue weighted by Crippen LogP contribution is -2.43. The van der Waals surface area contributed by atoms with E-state index < -0.39 is 0 Å². The van der Waals surface area contributed by atoms with Gasteiger partial charge >= 0.3 is 0 Å². The first-order chi connectivity index (χ1) is 7.78. The first kappa shape index (κ1) is 12.5. The maximum atomic E-state index is 6.01. The smallest absolute Gasteiger partial charge is 0.230 e. The molecule has 2 heterocycles. The Bertz CT molecular complexity index is 398. The molecule has 5 nitrogen and oxygen atoms in total. The Balaban J connectivity index is 1.95. The molecule has 1 N–H and O–H groups in total. The van der Waals surface area contributed by atoms with Gasteiger partial charge in [0.25, 0.3) is 0 Å². The summed E-state index contributed by atoms with van der Waals surface area (Å²) < 4.78 is 11.4. The van der Waals surface area contributed by atoms with Crippen LogP contribution in [0.4, 0.5) is 0 Å². The topological polar surface area (TPSA) is 60.2 Å². The average Bonchev–Trinajstić information content (AvgIpc) is 2.64. The van der Waals surface area contributed by atoms with Crippen molar-refractivity contribution in [3.8, 4) is 0 Å². The number of ether oxygens (including phenoxy) is 1. The summed E-state index contributed by atoms with van der Waals surface area (Å²) in [6, 6.07) is 0.296. The number of aryl methyl sites for hydroxylation is 1. The summed E-state index contributed by atoms with van der Waals surface area (Å²) >= 11 is 0. The molecule has 0 aliphatic carbocycles. The van der Waals surface area contributed by atoms with Gasteiger partial charge in [-0.3, -0.25) is 0 Å². The highest BCUT2D eigenvalue weighted by atomic mass is 16.5. The molecule has 17 heavy (non-hydrogen) atoms. The van der Waals surface area contributed by atoms with E-state index in [0.29, 0.717) is 24.4 Å². The van der Waals surface area contributed by atoms with Crippen LogP contribution in [-0.4, -0.2) is 27.4 Å². The van der Waals surface area contributed by atoms with Gasteiger partial charge in [-0.2, -0.15) is 0 Å². The molecule has 96 valence electrons. The van der Waals surface area contributed by atoms with Gasteiger partial charge < -0.3 is 14.5 Å². The quantitative estimate of drug-likeness (QED) is 0.871. The highest BCUT2D eigenvalue weighted by Gasteiger charge is 2.45. The minimum absolute atomic E-state index is 0.0775. The molecule has 1 aromatic heterocycles. The second-order valence-corrected chi connectivity index (χ2v) is 5.82. The number of hydrogen-bond acceptors (Lipinski definition) is 5. The Hall–Kier alpha value is -0.940. The van der Waals surface area contributed by atoms with E-state index in [1.165, 1.54) is 0 Å². The van der Waals surface area contributed by atoms with Gasteiger partial charge in [-0.05, 0) is 34.1 Å². The molecule has 1 aromatic rings. The highest BCUT2D eigenvalue weighted by Crippen LogP contribution is 2.37. The second kappa shape index (κ2) is 4.07. The summed E-state index contributed by atoms with van der Waals surface area (Å²) in [6.45, 7) is 10.8. The van der Waals surface area contributed by atoms with Crippen molar-refractivity contribution >= 4 is 0 Å². The molecule has 1 atom stereocenters. The fourth-order valence-electron chi connectivity index (χ4n) is 2.50. The van der Waals surface area contributed by atoms with E-state index in [1.807, 2.05) is 0 Å². The summed E-state index contributed by atoms with van der Waals surface area (Å²) in [7, 11) is 0. The average molecular weight is 239 g/mol. The zero-order valence-electron chi connectivity index (χ0n) is 11.2. The van der Waals surface area contributed by atoms with Crippen molar-refractivity contribution in [3.63, 3.8) is 0 Å². The first-order valence-corrected chi connectivity index (χ1v) is 6.01. The zero-order valence-corrected chi connectivity index (χ0v) is 11.2. The standard InChI is InChI=1S/C12H21N3O2/c1-8-14-15-10(16-8)7-13-9-6-11(2,3)17-12(9,4)5/h9,13H,6-7H2,1-5H3. The maximum absolute atomic E-state index is 6.01. The molecule has 2 rings (SSSR count). The molecule has 0 saturated carbocycles. The number of rotatable bonds is 3. The van der Waals surface area contributed by atoms with Crippen LogP contribution in [0.1, 0.15) is 45.9 Å². The number of nitrogens with zero attached hydrogens (tertiary/aromatic N) is 2. The van der Waals surface area contributed by atoms with Gasteiger partial charge in [-0.25, -0.2) is 0 Å². The minimum Gasteiger partial charge on any atom is -0.424 e. The van der Waals surface area contributed by atoms with Crippen molar-refractivity contribution in [3.05, 3.63) is 11.8 Å². The molecule has 0 amide bonds. The molecular weight excluding hydrogens is 218 g/mol. The maximum Gasteiger partial charge on any atom is 0.230 e. The van der Waals surface area contributed by atoms with E-state index in [9.17, 15) is 0 Å². The minimum atomic E-state index is -0.168. The largest absolute Gasteiger partial charge is 0.424 e. The Morgan fingerprint density at radius 2 is 2.00 bits per heavy atom. The third-order valence-electron chi connectivity index (χ3n) is 3.14. The highest BCUT2D eigenvalue weighted by molar-refractivity contribution is 4.99. The Morgan fingerprint density at radius 3 is 2.47 bits per heavy atom. The lowest BCUT2D eigenvalue weighted by molar-refractivity contribution is -0.0699. The van der Waals surface area contributed by atoms with Gasteiger partial charge in [-0.1, -0.05) is 0 Å². The van der Waals surface area contributed by atoms with Crippen molar-refractivity contribution in [2.75, 3.05) is 0 Å². The second-order valence-electron chi connectivity index (χ2n) is 5.82. The number of nitrogens with one attached hydrogen (secondary N) is 1. The lowest BCUT2D eigenvalue weighted by Gasteiger charge is -2.27. The van der Waals surface area contributed by atoms with Gasteiger partial charge in [0, 0.05) is 13.0 Å². The molecular formula is C12H21N3O2. The van der Waals surface area contributed by atoms with Gasteiger partial charge in [-0.15, -0.1) is 10.2 Å². The van der Waals surface area contributed by atoms with Crippen LogP contribution in [0.5, 0.6) is 0 Å². The molecule has 1 aliphatic heterocycles. The molecule has 0 aromatic carbocycles. The van der Waals surface area contributed by atoms with Crippen LogP contribution >= 0.6 is 0 Å². The van der Waals surface area contributed by atoms with Crippen LogP contribution < -0.4 is 5.32 Å². The van der Waals surface area contributed by atoms with Crippen LogP contribution in [0.2, 0.25) is 0 Å². The predicted molar refractivity (Wildman–Crippen MR) is 63.5 cm³/mol. The number of aromatic nitrogens is 2. The van der Waals surface area contributed by atoms with Crippen LogP contribution in [0.25, 0.3) is 0 Å². The predicted octanol–water partition coefficient (Wildman–Crippen LogP) is 1.81. The molecule has 5 heteroatoms. The van der Waals surface area contributed by atoms with Crippen LogP contribution in [0.3, 0.4) is 0 Å². The third kappa shape index (κ3) is 2.84. The van der Waals surface area contributed by atoms with E-state index >= 15 is 0 Å². The van der Waals surface area contributed by atoms with Gasteiger partial charge in [0.1, 0.15) is 0 Å². The molecule has 1 unspecified atom stereocenters. The molecule has 1 aliphatic rings. The van der Waals surface area contributed by atoms with Crippen molar-refractivity contribution < 1.29 is 9.15 Å². The molecule has 0 spiro atoms. The van der Waals surface area contributed by atoms with Crippen molar-refractivity contribution in [1.29, 1.82) is 0 Å². The molecule has 0 bridgehead atoms. The number of hydrogen-bond donors (Lipinski definition) is 1. The third-order valence-corrected chi connectivity index (χ3v) is 3.14. The summed E-state index contributed by atoms with van der Waals surface area (Å²) in [4.78, 5) is 0.